The molecule has 0 amide bonds. The fourth-order valence-corrected chi connectivity index (χ4v) is 1.94. The Hall–Kier alpha value is -2.23. The molecule has 0 radical (unpaired) electrons. The Bertz CT molecular complexity index is 617. The third-order valence-corrected chi connectivity index (χ3v) is 2.75. The van der Waals surface area contributed by atoms with Crippen LogP contribution in [-0.2, 0) is 4.74 Å². The summed E-state index contributed by atoms with van der Waals surface area (Å²) in [5, 5.41) is 11.5. The van der Waals surface area contributed by atoms with Gasteiger partial charge in [0.2, 0.25) is 0 Å². The van der Waals surface area contributed by atoms with Crippen molar-refractivity contribution in [2.45, 2.75) is 20.0 Å². The number of phenols is 1. The van der Waals surface area contributed by atoms with Gasteiger partial charge in [-0.2, -0.15) is 0 Å². The highest BCUT2D eigenvalue weighted by molar-refractivity contribution is 6.03. The van der Waals surface area contributed by atoms with E-state index in [2.05, 4.69) is 4.74 Å². The minimum atomic E-state index is -0.586. The first kappa shape index (κ1) is 13.2. The maximum absolute atomic E-state index is 11.7. The molecule has 0 fully saturated rings. The predicted molar refractivity (Wildman–Crippen MR) is 72.7 cm³/mol. The Morgan fingerprint density at radius 2 is 1.84 bits per heavy atom. The van der Waals surface area contributed by atoms with Crippen LogP contribution in [0.25, 0.3) is 10.8 Å². The number of carbonyl (C=O) groups is 1. The van der Waals surface area contributed by atoms with E-state index in [1.165, 1.54) is 13.2 Å². The zero-order valence-corrected chi connectivity index (χ0v) is 11.1. The minimum absolute atomic E-state index is 0.0292. The molecule has 2 aromatic carbocycles. The van der Waals surface area contributed by atoms with Gasteiger partial charge in [0.15, 0.2) is 0 Å². The first-order valence-corrected chi connectivity index (χ1v) is 6.04. The SMILES string of the molecule is COC(=O)c1cc(OC(C)C)c2ccccc2c1O. The van der Waals surface area contributed by atoms with Crippen molar-refractivity contribution in [3.8, 4) is 11.5 Å². The molecule has 0 aromatic heterocycles. The molecule has 0 saturated carbocycles. The standard InChI is InChI=1S/C15H16O4/c1-9(2)19-13-8-12(15(17)18-3)14(16)11-7-5-4-6-10(11)13/h4-9,16H,1-3H3. The third kappa shape index (κ3) is 2.47. The van der Waals surface area contributed by atoms with E-state index in [-0.39, 0.29) is 17.4 Å². The van der Waals surface area contributed by atoms with Crippen LogP contribution >= 0.6 is 0 Å². The molecule has 0 atom stereocenters. The monoisotopic (exact) mass is 260 g/mol. The molecule has 0 aliphatic rings. The smallest absolute Gasteiger partial charge is 0.341 e. The van der Waals surface area contributed by atoms with Crippen molar-refractivity contribution < 1.29 is 19.4 Å². The van der Waals surface area contributed by atoms with Gasteiger partial charge in [-0.1, -0.05) is 24.3 Å². The van der Waals surface area contributed by atoms with Crippen LogP contribution in [0.5, 0.6) is 11.5 Å². The van der Waals surface area contributed by atoms with Gasteiger partial charge >= 0.3 is 5.97 Å². The number of esters is 1. The number of benzene rings is 2. The van der Waals surface area contributed by atoms with Crippen molar-refractivity contribution in [1.82, 2.24) is 0 Å². The number of ether oxygens (including phenoxy) is 2. The molecule has 1 N–H and O–H groups in total. The molecule has 2 rings (SSSR count). The van der Waals surface area contributed by atoms with E-state index in [0.717, 1.165) is 5.39 Å². The van der Waals surface area contributed by atoms with Crippen LogP contribution < -0.4 is 4.74 Å². The summed E-state index contributed by atoms with van der Waals surface area (Å²) < 4.78 is 10.4. The van der Waals surface area contributed by atoms with Gasteiger partial charge in [0.1, 0.15) is 17.1 Å². The van der Waals surface area contributed by atoms with Crippen molar-refractivity contribution in [3.05, 3.63) is 35.9 Å². The molecule has 2 aromatic rings. The van der Waals surface area contributed by atoms with Crippen LogP contribution in [0, 0.1) is 0 Å². The second-order valence-electron chi connectivity index (χ2n) is 4.47. The number of aromatic hydroxyl groups is 1. The molecular weight excluding hydrogens is 244 g/mol. The van der Waals surface area contributed by atoms with Crippen molar-refractivity contribution in [2.24, 2.45) is 0 Å². The number of hydrogen-bond donors (Lipinski definition) is 1. The van der Waals surface area contributed by atoms with Gasteiger partial charge in [0.05, 0.1) is 13.2 Å². The molecule has 100 valence electrons. The minimum Gasteiger partial charge on any atom is -0.506 e. The molecule has 0 spiro atoms. The Kier molecular flexibility index (Phi) is 3.60. The number of phenolic OH excluding ortho intramolecular Hbond substituents is 1. The highest BCUT2D eigenvalue weighted by atomic mass is 16.5. The Balaban J connectivity index is 2.72. The molecule has 4 heteroatoms. The highest BCUT2D eigenvalue weighted by Crippen LogP contribution is 2.36. The Morgan fingerprint density at radius 1 is 1.21 bits per heavy atom. The van der Waals surface area contributed by atoms with E-state index >= 15 is 0 Å². The van der Waals surface area contributed by atoms with Crippen LogP contribution in [0.1, 0.15) is 24.2 Å². The van der Waals surface area contributed by atoms with Gasteiger partial charge < -0.3 is 14.6 Å². The summed E-state index contributed by atoms with van der Waals surface area (Å²) in [6.45, 7) is 3.80. The van der Waals surface area contributed by atoms with E-state index in [1.54, 1.807) is 12.1 Å². The average molecular weight is 260 g/mol. The van der Waals surface area contributed by atoms with E-state index in [4.69, 9.17) is 4.74 Å². The van der Waals surface area contributed by atoms with Gasteiger partial charge in [-0.3, -0.25) is 0 Å². The molecule has 0 saturated heterocycles. The first-order valence-electron chi connectivity index (χ1n) is 6.04. The Morgan fingerprint density at radius 3 is 2.42 bits per heavy atom. The zero-order chi connectivity index (χ0) is 14.0. The number of methoxy groups -OCH3 is 1. The number of hydrogen-bond acceptors (Lipinski definition) is 4. The third-order valence-electron chi connectivity index (χ3n) is 2.75. The van der Waals surface area contributed by atoms with Crippen molar-refractivity contribution in [1.29, 1.82) is 0 Å². The lowest BCUT2D eigenvalue weighted by atomic mass is 10.0. The van der Waals surface area contributed by atoms with E-state index in [0.29, 0.717) is 11.1 Å². The number of fused-ring (bicyclic) bond motifs is 1. The molecule has 19 heavy (non-hydrogen) atoms. The van der Waals surface area contributed by atoms with Crippen molar-refractivity contribution in [3.63, 3.8) is 0 Å². The second-order valence-corrected chi connectivity index (χ2v) is 4.47. The summed E-state index contributed by atoms with van der Waals surface area (Å²) in [7, 11) is 1.28. The summed E-state index contributed by atoms with van der Waals surface area (Å²) in [6.07, 6.45) is -0.0292. The van der Waals surface area contributed by atoms with Crippen molar-refractivity contribution >= 4 is 16.7 Å². The molecule has 4 nitrogen and oxygen atoms in total. The first-order chi connectivity index (χ1) is 9.04. The van der Waals surface area contributed by atoms with Crippen LogP contribution in [-0.4, -0.2) is 24.3 Å². The van der Waals surface area contributed by atoms with Crippen LogP contribution in [0.4, 0.5) is 0 Å². The maximum atomic E-state index is 11.7. The summed E-state index contributed by atoms with van der Waals surface area (Å²) >= 11 is 0. The normalized spacial score (nSPS) is 10.7. The molecule has 0 heterocycles. The Labute approximate surface area is 111 Å². The lowest BCUT2D eigenvalue weighted by Crippen LogP contribution is -2.08. The van der Waals surface area contributed by atoms with E-state index < -0.39 is 5.97 Å². The van der Waals surface area contributed by atoms with Gasteiger partial charge in [0, 0.05) is 10.8 Å². The largest absolute Gasteiger partial charge is 0.506 e. The van der Waals surface area contributed by atoms with E-state index in [9.17, 15) is 9.90 Å². The predicted octanol–water partition coefficient (Wildman–Crippen LogP) is 3.12. The van der Waals surface area contributed by atoms with Gasteiger partial charge in [0.25, 0.3) is 0 Å². The second kappa shape index (κ2) is 5.18. The summed E-state index contributed by atoms with van der Waals surface area (Å²) in [6, 6.07) is 8.75. The fourth-order valence-electron chi connectivity index (χ4n) is 1.94. The van der Waals surface area contributed by atoms with Crippen molar-refractivity contribution in [2.75, 3.05) is 7.11 Å². The van der Waals surface area contributed by atoms with Crippen LogP contribution in [0.2, 0.25) is 0 Å². The van der Waals surface area contributed by atoms with Crippen LogP contribution in [0.3, 0.4) is 0 Å². The summed E-state index contributed by atoms with van der Waals surface area (Å²) in [5.41, 5.74) is 0.108. The van der Waals surface area contributed by atoms with E-state index in [1.807, 2.05) is 26.0 Å². The number of rotatable bonds is 3. The number of carbonyl (C=O) groups excluding carboxylic acids is 1. The fraction of sp³-hybridized carbons (Fsp3) is 0.267. The van der Waals surface area contributed by atoms with Gasteiger partial charge in [-0.05, 0) is 19.9 Å². The summed E-state index contributed by atoms with van der Waals surface area (Å²) in [4.78, 5) is 11.7. The highest BCUT2D eigenvalue weighted by Gasteiger charge is 2.18. The van der Waals surface area contributed by atoms with Gasteiger partial charge in [-0.25, -0.2) is 4.79 Å². The zero-order valence-electron chi connectivity index (χ0n) is 11.1. The topological polar surface area (TPSA) is 55.8 Å². The summed E-state index contributed by atoms with van der Waals surface area (Å²) in [5.74, 6) is -0.112. The maximum Gasteiger partial charge on any atom is 0.341 e. The molecule has 0 bridgehead atoms. The molecule has 0 unspecified atom stereocenters. The molecule has 0 aliphatic carbocycles. The lowest BCUT2D eigenvalue weighted by Gasteiger charge is -2.15. The molecular formula is C15H16O4. The average Bonchev–Trinajstić information content (AvgIpc) is 2.40. The molecule has 0 aliphatic heterocycles. The van der Waals surface area contributed by atoms with Gasteiger partial charge in [-0.15, -0.1) is 0 Å². The lowest BCUT2D eigenvalue weighted by molar-refractivity contribution is 0.0597. The van der Waals surface area contributed by atoms with Crippen LogP contribution in [0.15, 0.2) is 30.3 Å². The quantitative estimate of drug-likeness (QED) is 0.861.